The van der Waals surface area contributed by atoms with Crippen LogP contribution in [0, 0.1) is 0 Å². The average molecular weight is 499 g/mol. The first-order valence-electron chi connectivity index (χ1n) is 13.0. The second-order valence-corrected chi connectivity index (χ2v) is 9.68. The van der Waals surface area contributed by atoms with Gasteiger partial charge in [-0.3, -0.25) is 9.13 Å². The first-order valence-corrected chi connectivity index (χ1v) is 13.0. The number of benzene rings is 1. The second-order valence-electron chi connectivity index (χ2n) is 9.68. The van der Waals surface area contributed by atoms with Crippen molar-refractivity contribution in [2.75, 3.05) is 0 Å². The van der Waals surface area contributed by atoms with Crippen molar-refractivity contribution in [3.63, 3.8) is 0 Å². The molecule has 9 heteroatoms. The Morgan fingerprint density at radius 2 is 1.95 bits per heavy atom. The number of unbranched alkanes of at least 4 members (excludes halogenated alkanes) is 1. The summed E-state index contributed by atoms with van der Waals surface area (Å²) in [7, 11) is 0. The fourth-order valence-corrected chi connectivity index (χ4v) is 4.96. The van der Waals surface area contributed by atoms with Gasteiger partial charge in [0.25, 0.3) is 0 Å². The lowest BCUT2D eigenvalue weighted by Crippen LogP contribution is -2.36. The van der Waals surface area contributed by atoms with E-state index in [2.05, 4.69) is 81.8 Å². The Hall–Kier alpha value is -4.14. The number of nitrogens with zero attached hydrogens (tertiary/aromatic N) is 6. The van der Waals surface area contributed by atoms with Gasteiger partial charge in [0.1, 0.15) is 5.82 Å². The first kappa shape index (κ1) is 24.5. The van der Waals surface area contributed by atoms with Crippen LogP contribution in [0.2, 0.25) is 0 Å². The average Bonchev–Trinajstić information content (AvgIpc) is 3.70. The maximum atomic E-state index is 14.0. The van der Waals surface area contributed by atoms with Crippen LogP contribution in [-0.2, 0) is 18.4 Å². The molecule has 0 spiro atoms. The van der Waals surface area contributed by atoms with Crippen molar-refractivity contribution in [1.82, 2.24) is 39.6 Å². The van der Waals surface area contributed by atoms with E-state index in [-0.39, 0.29) is 5.69 Å². The van der Waals surface area contributed by atoms with Crippen LogP contribution in [0.4, 0.5) is 0 Å². The number of aromatic amines is 1. The summed E-state index contributed by atoms with van der Waals surface area (Å²) < 4.78 is 5.95. The lowest BCUT2D eigenvalue weighted by atomic mass is 9.78. The van der Waals surface area contributed by atoms with Crippen LogP contribution >= 0.6 is 0 Å². The largest absolute Gasteiger partial charge is 0.368 e. The van der Waals surface area contributed by atoms with Gasteiger partial charge in [0, 0.05) is 36.2 Å². The van der Waals surface area contributed by atoms with Gasteiger partial charge in [0.2, 0.25) is 5.82 Å². The Balaban J connectivity index is 1.61. The number of hydrogen-bond donors (Lipinski definition) is 2. The Morgan fingerprint density at radius 3 is 2.68 bits per heavy atom. The van der Waals surface area contributed by atoms with E-state index in [0.29, 0.717) is 18.4 Å². The summed E-state index contributed by atoms with van der Waals surface area (Å²) in [6.45, 7) is 7.00. The number of nitrogens with one attached hydrogen (secondary N) is 2. The number of aryl methyl sites for hydroxylation is 1. The smallest absolute Gasteiger partial charge is 0.334 e. The summed E-state index contributed by atoms with van der Waals surface area (Å²) in [6, 6.07) is 12.5. The Kier molecular flexibility index (Phi) is 6.94. The summed E-state index contributed by atoms with van der Waals surface area (Å²) in [6.07, 6.45) is 16.1. The van der Waals surface area contributed by atoms with Crippen molar-refractivity contribution < 1.29 is 0 Å². The van der Waals surface area contributed by atoms with Crippen LogP contribution in [0.5, 0.6) is 0 Å². The van der Waals surface area contributed by atoms with Crippen LogP contribution in [0.25, 0.3) is 17.2 Å². The number of aromatic nitrogens is 7. The molecule has 3 aromatic heterocycles. The highest BCUT2D eigenvalue weighted by atomic mass is 16.1. The van der Waals surface area contributed by atoms with E-state index in [1.54, 1.807) is 0 Å². The monoisotopic (exact) mass is 498 g/mol. The molecule has 1 aliphatic rings. The summed E-state index contributed by atoms with van der Waals surface area (Å²) >= 11 is 0. The van der Waals surface area contributed by atoms with Crippen LogP contribution < -0.4 is 11.0 Å². The Morgan fingerprint density at radius 1 is 1.11 bits per heavy atom. The van der Waals surface area contributed by atoms with Gasteiger partial charge in [-0.1, -0.05) is 50.6 Å². The molecule has 2 N–H and O–H groups in total. The maximum Gasteiger partial charge on any atom is 0.334 e. The number of tetrazole rings is 1. The quantitative estimate of drug-likeness (QED) is 0.335. The molecule has 0 amide bonds. The van der Waals surface area contributed by atoms with Crippen molar-refractivity contribution in [2.45, 2.75) is 64.5 Å². The van der Waals surface area contributed by atoms with Gasteiger partial charge >= 0.3 is 5.69 Å². The molecule has 1 atom stereocenters. The molecular weight excluding hydrogens is 464 g/mol. The fourth-order valence-electron chi connectivity index (χ4n) is 4.96. The Bertz CT molecular complexity index is 1440. The van der Waals surface area contributed by atoms with E-state index >= 15 is 0 Å². The van der Waals surface area contributed by atoms with E-state index in [4.69, 9.17) is 0 Å². The number of H-pyrrole nitrogens is 1. The molecule has 0 radical (unpaired) electrons. The lowest BCUT2D eigenvalue weighted by Gasteiger charge is -2.31. The van der Waals surface area contributed by atoms with E-state index in [1.165, 1.54) is 0 Å². The normalized spacial score (nSPS) is 15.1. The zero-order valence-corrected chi connectivity index (χ0v) is 21.6. The van der Waals surface area contributed by atoms with E-state index in [9.17, 15) is 4.79 Å². The van der Waals surface area contributed by atoms with Crippen molar-refractivity contribution in [3.8, 4) is 17.2 Å². The van der Waals surface area contributed by atoms with Gasteiger partial charge in [0.15, 0.2) is 0 Å². The third-order valence-electron chi connectivity index (χ3n) is 7.29. The van der Waals surface area contributed by atoms with Crippen LogP contribution in [-0.4, -0.2) is 34.3 Å². The molecular formula is C28H34N8O. The van der Waals surface area contributed by atoms with Gasteiger partial charge in [-0.2, -0.15) is 5.21 Å². The zero-order valence-electron chi connectivity index (χ0n) is 21.6. The first-order chi connectivity index (χ1) is 18.1. The summed E-state index contributed by atoms with van der Waals surface area (Å²) in [5.41, 5.74) is 2.41. The van der Waals surface area contributed by atoms with Crippen LogP contribution in [0.3, 0.4) is 0 Å². The zero-order chi connectivity index (χ0) is 25.8. The lowest BCUT2D eigenvalue weighted by molar-refractivity contribution is 0.491. The number of imidazole rings is 1. The molecule has 192 valence electrons. The topological polar surface area (TPSA) is 98.4 Å². The molecule has 4 aromatic rings. The number of hydrogen-bond acceptors (Lipinski definition) is 5. The van der Waals surface area contributed by atoms with Crippen LogP contribution in [0.15, 0.2) is 78.1 Å². The molecule has 4 heterocycles. The Labute approximate surface area is 216 Å². The SMILES string of the molecule is CCCCc1cn(-c2cccn2C(C)CC)c(=O)n1CC1(c2cccc(-c3nn[nH]n3)c2)C=CNC=C1. The molecule has 1 aliphatic heterocycles. The minimum Gasteiger partial charge on any atom is -0.368 e. The van der Waals surface area contributed by atoms with Crippen LogP contribution in [0.1, 0.15) is 57.3 Å². The number of rotatable bonds is 10. The standard InChI is InChI=1S/C28H34N8O/c1-4-6-11-24-19-35(25-12-8-17-34(25)21(3)5-2)27(37)36(24)20-28(13-15-29-16-14-28)23-10-7-9-22(18-23)26-30-32-33-31-26/h7-10,12-19,21,29H,4-6,11,20H2,1-3H3,(H,30,31,32,33). The second kappa shape index (κ2) is 10.5. The highest BCUT2D eigenvalue weighted by Gasteiger charge is 2.31. The summed E-state index contributed by atoms with van der Waals surface area (Å²) in [5.74, 6) is 1.44. The molecule has 0 aliphatic carbocycles. The third-order valence-corrected chi connectivity index (χ3v) is 7.29. The number of allylic oxidation sites excluding steroid dienone is 2. The summed E-state index contributed by atoms with van der Waals surface area (Å²) in [4.78, 5) is 14.0. The van der Waals surface area contributed by atoms with Gasteiger partial charge < -0.3 is 9.88 Å². The predicted molar refractivity (Wildman–Crippen MR) is 144 cm³/mol. The van der Waals surface area contributed by atoms with Gasteiger partial charge in [-0.15, -0.1) is 10.2 Å². The van der Waals surface area contributed by atoms with E-state index in [1.807, 2.05) is 52.0 Å². The maximum absolute atomic E-state index is 14.0. The fraction of sp³-hybridized carbons (Fsp3) is 0.357. The molecule has 37 heavy (non-hydrogen) atoms. The van der Waals surface area contributed by atoms with Crippen molar-refractivity contribution >= 4 is 0 Å². The molecule has 0 saturated heterocycles. The molecule has 1 aromatic carbocycles. The minimum absolute atomic E-state index is 0.0246. The van der Waals surface area contributed by atoms with Gasteiger partial charge in [-0.05, 0) is 67.6 Å². The third kappa shape index (κ3) is 4.69. The van der Waals surface area contributed by atoms with Gasteiger partial charge in [0.05, 0.1) is 5.41 Å². The molecule has 0 bridgehead atoms. The van der Waals surface area contributed by atoms with Crippen molar-refractivity contribution in [3.05, 3.63) is 95.1 Å². The molecule has 5 rings (SSSR count). The van der Waals surface area contributed by atoms with E-state index in [0.717, 1.165) is 48.3 Å². The predicted octanol–water partition coefficient (Wildman–Crippen LogP) is 4.50. The van der Waals surface area contributed by atoms with E-state index < -0.39 is 5.41 Å². The molecule has 1 unspecified atom stereocenters. The highest BCUT2D eigenvalue weighted by molar-refractivity contribution is 5.57. The molecule has 9 nitrogen and oxygen atoms in total. The van der Waals surface area contributed by atoms with Gasteiger partial charge in [-0.25, -0.2) is 4.79 Å². The van der Waals surface area contributed by atoms with Crippen molar-refractivity contribution in [2.24, 2.45) is 0 Å². The summed E-state index contributed by atoms with van der Waals surface area (Å²) in [5, 5.41) is 17.7. The number of dihydropyridines is 1. The highest BCUT2D eigenvalue weighted by Crippen LogP contribution is 2.33. The molecule has 0 saturated carbocycles. The molecule has 0 fully saturated rings. The van der Waals surface area contributed by atoms with Crippen molar-refractivity contribution in [1.29, 1.82) is 0 Å². The minimum atomic E-state index is -0.527.